The predicted molar refractivity (Wildman–Crippen MR) is 146 cm³/mol. The van der Waals surface area contributed by atoms with Gasteiger partial charge in [0.1, 0.15) is 36.1 Å². The van der Waals surface area contributed by atoms with E-state index in [1.54, 1.807) is 20.8 Å². The Balaban J connectivity index is 2.14. The molecule has 1 saturated heterocycles. The lowest BCUT2D eigenvalue weighted by Crippen LogP contribution is -2.83. The van der Waals surface area contributed by atoms with Crippen molar-refractivity contribution in [2.45, 2.75) is 103 Å². The zero-order valence-electron chi connectivity index (χ0n) is 26.2. The lowest BCUT2D eigenvalue weighted by atomic mass is 9.46. The van der Waals surface area contributed by atoms with Crippen LogP contribution in [-0.2, 0) is 57.1 Å². The molecule has 15 heteroatoms. The zero-order chi connectivity index (χ0) is 33.6. The van der Waals surface area contributed by atoms with Crippen LogP contribution in [0.15, 0.2) is 23.0 Å². The maximum Gasteiger partial charge on any atom is 0.341 e. The minimum Gasteiger partial charge on any atom is -0.472 e. The van der Waals surface area contributed by atoms with E-state index in [0.717, 1.165) is 40.9 Å². The topological polar surface area (TPSA) is 200 Å². The summed E-state index contributed by atoms with van der Waals surface area (Å²) in [6, 6.07) is 1.29. The van der Waals surface area contributed by atoms with E-state index in [2.05, 4.69) is 0 Å². The number of aliphatic hydroxyl groups excluding tert-OH is 1. The van der Waals surface area contributed by atoms with Crippen LogP contribution < -0.4 is 0 Å². The molecule has 1 aromatic heterocycles. The van der Waals surface area contributed by atoms with Crippen molar-refractivity contribution in [1.82, 2.24) is 0 Å². The highest BCUT2D eigenvalue weighted by Crippen LogP contribution is 2.68. The van der Waals surface area contributed by atoms with E-state index < -0.39 is 107 Å². The third-order valence-electron chi connectivity index (χ3n) is 8.91. The summed E-state index contributed by atoms with van der Waals surface area (Å²) in [7, 11) is 0. The van der Waals surface area contributed by atoms with Gasteiger partial charge >= 0.3 is 35.8 Å². The minimum absolute atomic E-state index is 0.0848. The lowest BCUT2D eigenvalue weighted by molar-refractivity contribution is -0.346. The summed E-state index contributed by atoms with van der Waals surface area (Å²) < 4.78 is 46.4. The number of furan rings is 1. The van der Waals surface area contributed by atoms with Crippen LogP contribution >= 0.6 is 0 Å². The molecule has 2 aliphatic carbocycles. The van der Waals surface area contributed by atoms with E-state index in [-0.39, 0.29) is 5.56 Å². The van der Waals surface area contributed by atoms with Crippen molar-refractivity contribution in [3.8, 4) is 0 Å². The molecule has 15 nitrogen and oxygen atoms in total. The number of carbonyl (C=O) groups excluding carboxylic acids is 6. The highest BCUT2D eigenvalue weighted by Gasteiger charge is 2.86. The standard InChI is InChI=1S/C30H38O15/c1-13-21(40-15(3)32)23(42-17(5)34)26(44-27(37)19-9-10-38-11-19)29(12-39-14(2)31)25(43-18(6)35)22(41-16(4)33)20-24(36)30(13,29)45-28(20,7)8/h9-11,13,20-26,36H,12H2,1-8H3/t13-,20-,21-,22+,23+,24-,25-,26+,29-,30-/m0/s1. The number of carbonyl (C=O) groups is 6. The number of hydrogen-bond donors (Lipinski definition) is 1. The first-order chi connectivity index (χ1) is 20.9. The average molecular weight is 639 g/mol. The Hall–Kier alpha value is -3.98. The van der Waals surface area contributed by atoms with E-state index in [1.807, 2.05) is 0 Å². The lowest BCUT2D eigenvalue weighted by Gasteiger charge is -2.65. The Morgan fingerprint density at radius 2 is 1.31 bits per heavy atom. The van der Waals surface area contributed by atoms with Gasteiger partial charge in [-0.3, -0.25) is 24.0 Å². The van der Waals surface area contributed by atoms with E-state index in [9.17, 15) is 33.9 Å². The number of fused-ring (bicyclic) bond motifs is 1. The van der Waals surface area contributed by atoms with Crippen molar-refractivity contribution in [1.29, 1.82) is 0 Å². The Morgan fingerprint density at radius 1 is 0.778 bits per heavy atom. The molecular weight excluding hydrogens is 600 g/mol. The molecule has 3 aliphatic rings. The van der Waals surface area contributed by atoms with Crippen molar-refractivity contribution in [2.24, 2.45) is 17.3 Å². The molecule has 0 radical (unpaired) electrons. The molecule has 3 fully saturated rings. The van der Waals surface area contributed by atoms with Crippen LogP contribution in [0, 0.1) is 17.3 Å². The average Bonchev–Trinajstić information content (AvgIpc) is 3.50. The van der Waals surface area contributed by atoms with E-state index >= 15 is 0 Å². The largest absolute Gasteiger partial charge is 0.472 e. The monoisotopic (exact) mass is 638 g/mol. The fraction of sp³-hybridized carbons (Fsp3) is 0.667. The SMILES string of the molecule is CC(=O)OC[C@]12[C@H](OC(=O)c3ccoc3)[C@H](OC(C)=O)[C@@H](OC(C)=O)[C@H](C)[C@@]13OC(C)(C)[C@@H]([C@@H](OC(C)=O)[C@@H]2OC(C)=O)[C@@H]3O. The smallest absolute Gasteiger partial charge is 0.341 e. The molecule has 1 N–H and O–H groups in total. The molecule has 248 valence electrons. The van der Waals surface area contributed by atoms with Gasteiger partial charge in [-0.1, -0.05) is 6.92 Å². The first kappa shape index (κ1) is 33.9. The minimum atomic E-state index is -2.16. The van der Waals surface area contributed by atoms with Crippen LogP contribution in [0.1, 0.15) is 65.7 Å². The first-order valence-electron chi connectivity index (χ1n) is 14.3. The van der Waals surface area contributed by atoms with Crippen LogP contribution in [0.3, 0.4) is 0 Å². The predicted octanol–water partition coefficient (Wildman–Crippen LogP) is 1.27. The van der Waals surface area contributed by atoms with Crippen molar-refractivity contribution >= 4 is 35.8 Å². The molecule has 2 saturated carbocycles. The van der Waals surface area contributed by atoms with Crippen molar-refractivity contribution in [3.63, 3.8) is 0 Å². The summed E-state index contributed by atoms with van der Waals surface area (Å²) in [6.45, 7) is 9.46. The molecule has 1 aliphatic heterocycles. The molecule has 1 aromatic rings. The zero-order valence-corrected chi connectivity index (χ0v) is 26.2. The summed E-state index contributed by atoms with van der Waals surface area (Å²) >= 11 is 0. The van der Waals surface area contributed by atoms with E-state index in [0.29, 0.717) is 0 Å². The third-order valence-corrected chi connectivity index (χ3v) is 8.91. The molecule has 0 unspecified atom stereocenters. The fourth-order valence-electron chi connectivity index (χ4n) is 7.62. The molecule has 2 bridgehead atoms. The molecule has 0 amide bonds. The second-order valence-electron chi connectivity index (χ2n) is 12.2. The summed E-state index contributed by atoms with van der Waals surface area (Å²) in [6.07, 6.45) is -7.34. The van der Waals surface area contributed by atoms with Crippen molar-refractivity contribution in [3.05, 3.63) is 24.2 Å². The summed E-state index contributed by atoms with van der Waals surface area (Å²) in [5.74, 6) is -7.42. The molecule has 4 rings (SSSR count). The van der Waals surface area contributed by atoms with Crippen molar-refractivity contribution in [2.75, 3.05) is 6.61 Å². The third kappa shape index (κ3) is 5.56. The number of hydrogen-bond acceptors (Lipinski definition) is 15. The second kappa shape index (κ2) is 12.1. The van der Waals surface area contributed by atoms with Gasteiger partial charge in [0.15, 0.2) is 18.3 Å². The summed E-state index contributed by atoms with van der Waals surface area (Å²) in [5, 5.41) is 12.3. The number of aliphatic hydroxyl groups is 1. The molecule has 10 atom stereocenters. The Morgan fingerprint density at radius 3 is 1.82 bits per heavy atom. The van der Waals surface area contributed by atoms with Gasteiger partial charge in [-0.2, -0.15) is 0 Å². The highest BCUT2D eigenvalue weighted by molar-refractivity contribution is 5.89. The molecular formula is C30H38O15. The van der Waals surface area contributed by atoms with Gasteiger partial charge in [0.2, 0.25) is 0 Å². The second-order valence-corrected chi connectivity index (χ2v) is 12.2. The molecule has 1 spiro atoms. The van der Waals surface area contributed by atoms with Gasteiger partial charge in [-0.15, -0.1) is 0 Å². The Bertz CT molecular complexity index is 1350. The van der Waals surface area contributed by atoms with E-state index in [1.165, 1.54) is 12.3 Å². The maximum atomic E-state index is 13.6. The summed E-state index contributed by atoms with van der Waals surface area (Å²) in [5.41, 5.74) is -5.62. The number of esters is 6. The Labute approximate surface area is 258 Å². The van der Waals surface area contributed by atoms with Crippen LogP contribution in [0.2, 0.25) is 0 Å². The van der Waals surface area contributed by atoms with Gasteiger partial charge in [-0.25, -0.2) is 4.79 Å². The molecule has 45 heavy (non-hydrogen) atoms. The Kier molecular flexibility index (Phi) is 9.10. The van der Waals surface area contributed by atoms with E-state index in [4.69, 9.17) is 37.6 Å². The highest BCUT2D eigenvalue weighted by atomic mass is 16.6. The van der Waals surface area contributed by atoms with Crippen LogP contribution in [0.4, 0.5) is 0 Å². The number of rotatable bonds is 8. The van der Waals surface area contributed by atoms with Crippen molar-refractivity contribution < 1.29 is 71.4 Å². The van der Waals surface area contributed by atoms with Gasteiger partial charge in [0.25, 0.3) is 0 Å². The first-order valence-corrected chi connectivity index (χ1v) is 14.3. The quantitative estimate of drug-likeness (QED) is 0.315. The molecule has 2 heterocycles. The van der Waals surface area contributed by atoms with Gasteiger partial charge in [0.05, 0.1) is 29.4 Å². The normalized spacial score (nSPS) is 36.1. The fourth-order valence-corrected chi connectivity index (χ4v) is 7.62. The van der Waals surface area contributed by atoms with Crippen LogP contribution in [-0.4, -0.2) is 95.4 Å². The number of ether oxygens (including phenoxy) is 7. The van der Waals surface area contributed by atoms with Gasteiger partial charge < -0.3 is 42.7 Å². The maximum absolute atomic E-state index is 13.6. The molecule has 0 aromatic carbocycles. The summed E-state index contributed by atoms with van der Waals surface area (Å²) in [4.78, 5) is 76.5. The van der Waals surface area contributed by atoms with Crippen LogP contribution in [0.25, 0.3) is 0 Å². The van der Waals surface area contributed by atoms with Gasteiger partial charge in [0, 0.05) is 40.5 Å². The van der Waals surface area contributed by atoms with Gasteiger partial charge in [-0.05, 0) is 19.9 Å². The van der Waals surface area contributed by atoms with Crippen LogP contribution in [0.5, 0.6) is 0 Å².